The lowest BCUT2D eigenvalue weighted by Crippen LogP contribution is -2.47. The van der Waals surface area contributed by atoms with Crippen LogP contribution in [-0.2, 0) is 19.4 Å². The van der Waals surface area contributed by atoms with Gasteiger partial charge in [0.15, 0.2) is 15.9 Å². The van der Waals surface area contributed by atoms with E-state index in [1.54, 1.807) is 31.2 Å². The van der Waals surface area contributed by atoms with Crippen molar-refractivity contribution in [3.8, 4) is 11.5 Å². The summed E-state index contributed by atoms with van der Waals surface area (Å²) >= 11 is 1.28. The van der Waals surface area contributed by atoms with E-state index in [9.17, 15) is 18.0 Å². The van der Waals surface area contributed by atoms with E-state index in [0.717, 1.165) is 0 Å². The number of sulfone groups is 1. The lowest BCUT2D eigenvalue weighted by Gasteiger charge is -2.15. The molecule has 2 atom stereocenters. The summed E-state index contributed by atoms with van der Waals surface area (Å²) in [4.78, 5) is 23.8. The van der Waals surface area contributed by atoms with Gasteiger partial charge in [-0.15, -0.1) is 11.8 Å². The van der Waals surface area contributed by atoms with Crippen molar-refractivity contribution in [1.82, 2.24) is 10.9 Å². The average molecular weight is 417 g/mol. The van der Waals surface area contributed by atoms with Crippen molar-refractivity contribution in [2.45, 2.75) is 31.6 Å². The molecule has 150 valence electrons. The summed E-state index contributed by atoms with van der Waals surface area (Å²) in [5.41, 5.74) is 4.62. The second-order valence-corrected chi connectivity index (χ2v) is 9.56. The fraction of sp³-hybridized carbons (Fsp3) is 0.529. The number of hydrogen-bond donors (Lipinski definition) is 2. The van der Waals surface area contributed by atoms with Gasteiger partial charge in [0, 0.05) is 5.25 Å². The predicted molar refractivity (Wildman–Crippen MR) is 104 cm³/mol. The van der Waals surface area contributed by atoms with Gasteiger partial charge < -0.3 is 9.47 Å². The maximum Gasteiger partial charge on any atom is 0.279 e. The highest BCUT2D eigenvalue weighted by molar-refractivity contribution is 8.02. The monoisotopic (exact) mass is 416 g/mol. The minimum atomic E-state index is -2.96. The minimum absolute atomic E-state index is 0.0710. The molecule has 0 aliphatic carbocycles. The van der Waals surface area contributed by atoms with E-state index < -0.39 is 27.8 Å². The van der Waals surface area contributed by atoms with E-state index in [1.165, 1.54) is 11.8 Å². The normalized spacial score (nSPS) is 19.1. The Bertz CT molecular complexity index is 751. The smallest absolute Gasteiger partial charge is 0.279 e. The molecule has 1 fully saturated rings. The second-order valence-electron chi connectivity index (χ2n) is 6.04. The highest BCUT2D eigenvalue weighted by atomic mass is 32.2. The molecule has 1 heterocycles. The van der Waals surface area contributed by atoms with Crippen molar-refractivity contribution in [3.05, 3.63) is 24.3 Å². The molecule has 0 aromatic heterocycles. The van der Waals surface area contributed by atoms with Crippen molar-refractivity contribution in [1.29, 1.82) is 0 Å². The first-order chi connectivity index (χ1) is 12.8. The molecule has 2 amide bonds. The maximum absolute atomic E-state index is 12.0. The summed E-state index contributed by atoms with van der Waals surface area (Å²) in [5, 5.41) is -0.0710. The number of carbonyl (C=O) groups excluding carboxylic acids is 2. The predicted octanol–water partition coefficient (Wildman–Crippen LogP) is 0.920. The van der Waals surface area contributed by atoms with Crippen molar-refractivity contribution in [2.75, 3.05) is 23.9 Å². The first-order valence-corrected chi connectivity index (χ1v) is 11.5. The average Bonchev–Trinajstić information content (AvgIpc) is 2.98. The Morgan fingerprint density at radius 3 is 2.48 bits per heavy atom. The molecule has 1 aliphatic heterocycles. The molecule has 0 saturated carbocycles. The molecule has 10 heteroatoms. The van der Waals surface area contributed by atoms with Gasteiger partial charge in [-0.1, -0.05) is 0 Å². The van der Waals surface area contributed by atoms with Crippen LogP contribution in [0.1, 0.15) is 20.3 Å². The molecule has 0 spiro atoms. The second kappa shape index (κ2) is 9.84. The van der Waals surface area contributed by atoms with E-state index in [4.69, 9.17) is 9.47 Å². The fourth-order valence-corrected chi connectivity index (χ4v) is 5.84. The van der Waals surface area contributed by atoms with Crippen LogP contribution in [0.25, 0.3) is 0 Å². The minimum Gasteiger partial charge on any atom is -0.494 e. The molecule has 0 bridgehead atoms. The van der Waals surface area contributed by atoms with Gasteiger partial charge in [-0.05, 0) is 44.5 Å². The zero-order valence-corrected chi connectivity index (χ0v) is 16.9. The number of amides is 2. The number of carbonyl (C=O) groups is 2. The molecule has 0 unspecified atom stereocenters. The van der Waals surface area contributed by atoms with Crippen LogP contribution in [0.3, 0.4) is 0 Å². The molecule has 0 radical (unpaired) electrons. The summed E-state index contributed by atoms with van der Waals surface area (Å²) in [6, 6.07) is 6.87. The summed E-state index contributed by atoms with van der Waals surface area (Å²) in [6.45, 7) is 4.02. The van der Waals surface area contributed by atoms with Gasteiger partial charge in [0.05, 0.1) is 23.9 Å². The van der Waals surface area contributed by atoms with Crippen LogP contribution in [0, 0.1) is 0 Å². The Balaban J connectivity index is 1.68. The number of hydrazine groups is 1. The summed E-state index contributed by atoms with van der Waals surface area (Å²) in [5.74, 6) is 0.672. The Morgan fingerprint density at radius 1 is 1.22 bits per heavy atom. The number of rotatable bonds is 8. The summed E-state index contributed by atoms with van der Waals surface area (Å²) in [7, 11) is -2.96. The van der Waals surface area contributed by atoms with Crippen LogP contribution in [0.4, 0.5) is 0 Å². The van der Waals surface area contributed by atoms with Crippen LogP contribution in [0.15, 0.2) is 24.3 Å². The molecular weight excluding hydrogens is 392 g/mol. The Labute approximate surface area is 163 Å². The van der Waals surface area contributed by atoms with Crippen LogP contribution >= 0.6 is 11.8 Å². The van der Waals surface area contributed by atoms with Crippen molar-refractivity contribution >= 4 is 33.4 Å². The molecule has 1 aromatic carbocycles. The molecule has 1 aliphatic rings. The van der Waals surface area contributed by atoms with Gasteiger partial charge in [-0.25, -0.2) is 8.42 Å². The third-order valence-electron chi connectivity index (χ3n) is 3.78. The number of thioether (sulfide) groups is 1. The third kappa shape index (κ3) is 7.30. The van der Waals surface area contributed by atoms with E-state index >= 15 is 0 Å². The molecule has 1 saturated heterocycles. The van der Waals surface area contributed by atoms with Crippen LogP contribution in [0.2, 0.25) is 0 Å². The van der Waals surface area contributed by atoms with Gasteiger partial charge in [0.1, 0.15) is 11.5 Å². The highest BCUT2D eigenvalue weighted by Crippen LogP contribution is 2.24. The lowest BCUT2D eigenvalue weighted by molar-refractivity contribution is -0.131. The molecular formula is C17H24N2O6S2. The van der Waals surface area contributed by atoms with Crippen molar-refractivity contribution in [2.24, 2.45) is 0 Å². The largest absolute Gasteiger partial charge is 0.494 e. The molecule has 2 rings (SSSR count). The molecule has 1 aromatic rings. The van der Waals surface area contributed by atoms with Gasteiger partial charge in [-0.2, -0.15) is 0 Å². The van der Waals surface area contributed by atoms with Crippen LogP contribution in [0.5, 0.6) is 11.5 Å². The van der Waals surface area contributed by atoms with Gasteiger partial charge in [0.2, 0.25) is 5.91 Å². The Hall–Kier alpha value is -1.94. The number of nitrogens with one attached hydrogen (secondary N) is 2. The number of ether oxygens (including phenoxy) is 2. The van der Waals surface area contributed by atoms with Gasteiger partial charge in [0.25, 0.3) is 5.91 Å². The summed E-state index contributed by atoms with van der Waals surface area (Å²) in [6.07, 6.45) is -0.254. The van der Waals surface area contributed by atoms with E-state index in [-0.39, 0.29) is 22.5 Å². The van der Waals surface area contributed by atoms with Crippen LogP contribution < -0.4 is 20.3 Å². The quantitative estimate of drug-likeness (QED) is 0.606. The van der Waals surface area contributed by atoms with Crippen molar-refractivity contribution in [3.63, 3.8) is 0 Å². The molecule has 27 heavy (non-hydrogen) atoms. The van der Waals surface area contributed by atoms with Gasteiger partial charge >= 0.3 is 0 Å². The van der Waals surface area contributed by atoms with Crippen molar-refractivity contribution < 1.29 is 27.5 Å². The zero-order chi connectivity index (χ0) is 19.9. The highest BCUT2D eigenvalue weighted by Gasteiger charge is 2.28. The lowest BCUT2D eigenvalue weighted by atomic mass is 10.3. The Morgan fingerprint density at radius 2 is 1.89 bits per heavy atom. The number of hydrogen-bond acceptors (Lipinski definition) is 7. The van der Waals surface area contributed by atoms with E-state index in [1.807, 2.05) is 6.92 Å². The first kappa shape index (κ1) is 21.4. The topological polar surface area (TPSA) is 111 Å². The molecule has 8 nitrogen and oxygen atoms in total. The number of benzene rings is 1. The standard InChI is InChI=1S/C17H24N2O6S2/c1-3-24-13-4-6-14(7-5-13)25-12(2)17(21)19-18-16(20)10-26-15-8-9-27(22,23)11-15/h4-7,12,15H,3,8-11H2,1-2H3,(H,18,20)(H,19,21)/t12-,15+/m0/s1. The third-order valence-corrected chi connectivity index (χ3v) is 7.06. The van der Waals surface area contributed by atoms with Crippen LogP contribution in [-0.4, -0.2) is 55.5 Å². The maximum atomic E-state index is 12.0. The zero-order valence-electron chi connectivity index (χ0n) is 15.3. The van der Waals surface area contributed by atoms with E-state index in [2.05, 4.69) is 10.9 Å². The Kier molecular flexibility index (Phi) is 7.78. The van der Waals surface area contributed by atoms with E-state index in [0.29, 0.717) is 24.5 Å². The summed E-state index contributed by atoms with van der Waals surface area (Å²) < 4.78 is 33.6. The fourth-order valence-electron chi connectivity index (χ4n) is 2.39. The SMILES string of the molecule is CCOc1ccc(O[C@@H](C)C(=O)NNC(=O)CS[C@@H]2CCS(=O)(=O)C2)cc1. The van der Waals surface area contributed by atoms with Gasteiger partial charge in [-0.3, -0.25) is 20.4 Å². The molecule has 2 N–H and O–H groups in total. The first-order valence-electron chi connectivity index (χ1n) is 8.59.